The van der Waals surface area contributed by atoms with Gasteiger partial charge in [-0.1, -0.05) is 22.9 Å². The Morgan fingerprint density at radius 1 is 1.40 bits per heavy atom. The van der Waals surface area contributed by atoms with Crippen molar-refractivity contribution in [2.24, 2.45) is 5.92 Å². The van der Waals surface area contributed by atoms with Gasteiger partial charge in [0.1, 0.15) is 0 Å². The fourth-order valence-corrected chi connectivity index (χ4v) is 1.28. The van der Waals surface area contributed by atoms with Crippen molar-refractivity contribution in [3.8, 4) is 0 Å². The van der Waals surface area contributed by atoms with Gasteiger partial charge in [-0.25, -0.2) is 0 Å². The molecule has 0 nitrogen and oxygen atoms in total. The number of rotatable bonds is 3. The molecule has 0 bridgehead atoms. The molecule has 0 fully saturated rings. The van der Waals surface area contributed by atoms with Crippen LogP contribution < -0.4 is 0 Å². The molecule has 0 aromatic carbocycles. The zero-order chi connectivity index (χ0) is 8.20. The highest BCUT2D eigenvalue weighted by Gasteiger charge is 2.37. The van der Waals surface area contributed by atoms with E-state index in [1.54, 1.807) is 6.92 Å². The van der Waals surface area contributed by atoms with Crippen molar-refractivity contribution in [2.75, 3.05) is 5.33 Å². The zero-order valence-electron chi connectivity index (χ0n) is 5.71. The molecule has 0 aromatic rings. The molecular formula is C6H10BrF3. The minimum Gasteiger partial charge on any atom is -0.171 e. The normalized spacial score (nSPS) is 15.3. The summed E-state index contributed by atoms with van der Waals surface area (Å²) >= 11 is 2.98. The van der Waals surface area contributed by atoms with Crippen LogP contribution in [-0.4, -0.2) is 11.5 Å². The summed E-state index contributed by atoms with van der Waals surface area (Å²) in [5.74, 6) is -1.13. The van der Waals surface area contributed by atoms with E-state index >= 15 is 0 Å². The number of alkyl halides is 4. The molecule has 0 amide bonds. The summed E-state index contributed by atoms with van der Waals surface area (Å²) in [6.07, 6.45) is -3.66. The molecule has 0 aliphatic carbocycles. The molecule has 62 valence electrons. The van der Waals surface area contributed by atoms with E-state index in [2.05, 4.69) is 15.9 Å². The standard InChI is InChI=1S/C6H10BrF3/c1-2-5(3-4-7)6(8,9)10/h5H,2-4H2,1H3. The summed E-state index contributed by atoms with van der Waals surface area (Å²) in [5.41, 5.74) is 0. The molecule has 1 unspecified atom stereocenters. The molecule has 0 rings (SSSR count). The summed E-state index contributed by atoms with van der Waals surface area (Å²) in [6, 6.07) is 0. The molecule has 0 saturated carbocycles. The van der Waals surface area contributed by atoms with E-state index in [-0.39, 0.29) is 12.8 Å². The first kappa shape index (κ1) is 10.3. The van der Waals surface area contributed by atoms with Crippen LogP contribution in [0.2, 0.25) is 0 Å². The van der Waals surface area contributed by atoms with Crippen LogP contribution in [0.4, 0.5) is 13.2 Å². The minimum absolute atomic E-state index is 0.176. The van der Waals surface area contributed by atoms with Crippen LogP contribution in [0.1, 0.15) is 19.8 Å². The van der Waals surface area contributed by atoms with Crippen LogP contribution in [0.5, 0.6) is 0 Å². The smallest absolute Gasteiger partial charge is 0.171 e. The summed E-state index contributed by atoms with van der Waals surface area (Å²) in [5, 5.41) is 0.422. The Balaban J connectivity index is 3.81. The van der Waals surface area contributed by atoms with Crippen LogP contribution in [-0.2, 0) is 0 Å². The summed E-state index contributed by atoms with van der Waals surface area (Å²) in [4.78, 5) is 0. The highest BCUT2D eigenvalue weighted by atomic mass is 79.9. The average Bonchev–Trinajstić information content (AvgIpc) is 1.80. The Morgan fingerprint density at radius 2 is 1.90 bits per heavy atom. The largest absolute Gasteiger partial charge is 0.391 e. The van der Waals surface area contributed by atoms with Crippen LogP contribution in [0.3, 0.4) is 0 Å². The predicted molar refractivity (Wildman–Crippen MR) is 38.2 cm³/mol. The lowest BCUT2D eigenvalue weighted by Crippen LogP contribution is -2.22. The van der Waals surface area contributed by atoms with E-state index in [0.29, 0.717) is 5.33 Å². The van der Waals surface area contributed by atoms with Crippen molar-refractivity contribution in [3.63, 3.8) is 0 Å². The van der Waals surface area contributed by atoms with E-state index < -0.39 is 12.1 Å². The third kappa shape index (κ3) is 3.44. The van der Waals surface area contributed by atoms with E-state index in [1.165, 1.54) is 0 Å². The molecule has 1 atom stereocenters. The molecule has 0 radical (unpaired) electrons. The maximum absolute atomic E-state index is 11.9. The molecule has 0 saturated heterocycles. The Kier molecular flexibility index (Phi) is 4.32. The van der Waals surface area contributed by atoms with Crippen molar-refractivity contribution in [2.45, 2.75) is 25.9 Å². The lowest BCUT2D eigenvalue weighted by Gasteiger charge is -2.16. The van der Waals surface area contributed by atoms with Gasteiger partial charge in [0, 0.05) is 5.33 Å². The highest BCUT2D eigenvalue weighted by Crippen LogP contribution is 2.31. The van der Waals surface area contributed by atoms with Crippen LogP contribution >= 0.6 is 15.9 Å². The van der Waals surface area contributed by atoms with Crippen LogP contribution in [0.15, 0.2) is 0 Å². The Bertz CT molecular complexity index is 89.5. The SMILES string of the molecule is CCC(CCBr)C(F)(F)F. The fourth-order valence-electron chi connectivity index (χ4n) is 0.731. The van der Waals surface area contributed by atoms with Gasteiger partial charge in [-0.15, -0.1) is 0 Å². The Morgan fingerprint density at radius 3 is 2.00 bits per heavy atom. The van der Waals surface area contributed by atoms with E-state index in [0.717, 1.165) is 0 Å². The van der Waals surface area contributed by atoms with Gasteiger partial charge in [0.15, 0.2) is 0 Å². The van der Waals surface area contributed by atoms with Gasteiger partial charge in [0.25, 0.3) is 0 Å². The van der Waals surface area contributed by atoms with Crippen molar-refractivity contribution < 1.29 is 13.2 Å². The lowest BCUT2D eigenvalue weighted by molar-refractivity contribution is -0.175. The number of hydrogen-bond donors (Lipinski definition) is 0. The van der Waals surface area contributed by atoms with Gasteiger partial charge in [-0.2, -0.15) is 13.2 Å². The van der Waals surface area contributed by atoms with Gasteiger partial charge in [0.2, 0.25) is 0 Å². The van der Waals surface area contributed by atoms with Gasteiger partial charge in [0.05, 0.1) is 5.92 Å². The third-order valence-corrected chi connectivity index (χ3v) is 1.87. The number of halogens is 4. The number of hydrogen-bond acceptors (Lipinski definition) is 0. The first-order chi connectivity index (χ1) is 4.52. The first-order valence-electron chi connectivity index (χ1n) is 3.15. The monoisotopic (exact) mass is 218 g/mol. The van der Waals surface area contributed by atoms with Crippen LogP contribution in [0, 0.1) is 5.92 Å². The predicted octanol–water partition coefficient (Wildman–Crippen LogP) is 3.36. The van der Waals surface area contributed by atoms with Gasteiger partial charge < -0.3 is 0 Å². The molecule has 0 aliphatic heterocycles. The highest BCUT2D eigenvalue weighted by molar-refractivity contribution is 9.09. The molecule has 0 aliphatic rings. The maximum atomic E-state index is 11.9. The second-order valence-corrected chi connectivity index (χ2v) is 2.92. The van der Waals surface area contributed by atoms with Crippen molar-refractivity contribution in [1.82, 2.24) is 0 Å². The van der Waals surface area contributed by atoms with E-state index in [9.17, 15) is 13.2 Å². The molecule has 10 heavy (non-hydrogen) atoms. The van der Waals surface area contributed by atoms with Crippen molar-refractivity contribution in [1.29, 1.82) is 0 Å². The Labute approximate surface area is 66.9 Å². The average molecular weight is 219 g/mol. The van der Waals surface area contributed by atoms with Gasteiger partial charge >= 0.3 is 6.18 Å². The third-order valence-electron chi connectivity index (χ3n) is 1.41. The maximum Gasteiger partial charge on any atom is 0.391 e. The molecule has 0 heterocycles. The van der Waals surface area contributed by atoms with Crippen molar-refractivity contribution in [3.05, 3.63) is 0 Å². The van der Waals surface area contributed by atoms with Crippen molar-refractivity contribution >= 4 is 15.9 Å². The van der Waals surface area contributed by atoms with Gasteiger partial charge in [-0.05, 0) is 12.8 Å². The second-order valence-electron chi connectivity index (χ2n) is 2.12. The molecule has 0 spiro atoms. The summed E-state index contributed by atoms with van der Waals surface area (Å²) in [7, 11) is 0. The Hall–Kier alpha value is 0.270. The molecule has 0 aromatic heterocycles. The lowest BCUT2D eigenvalue weighted by atomic mass is 10.0. The first-order valence-corrected chi connectivity index (χ1v) is 4.27. The molecule has 4 heteroatoms. The minimum atomic E-state index is -4.01. The topological polar surface area (TPSA) is 0 Å². The summed E-state index contributed by atoms with van der Waals surface area (Å²) in [6.45, 7) is 1.56. The second kappa shape index (κ2) is 4.21. The molecular weight excluding hydrogens is 209 g/mol. The fraction of sp³-hybridized carbons (Fsp3) is 1.00. The summed E-state index contributed by atoms with van der Waals surface area (Å²) < 4.78 is 35.7. The van der Waals surface area contributed by atoms with Gasteiger partial charge in [-0.3, -0.25) is 0 Å². The zero-order valence-corrected chi connectivity index (χ0v) is 7.30. The quantitative estimate of drug-likeness (QED) is 0.638. The molecule has 0 N–H and O–H groups in total. The van der Waals surface area contributed by atoms with E-state index in [4.69, 9.17) is 0 Å². The van der Waals surface area contributed by atoms with Crippen LogP contribution in [0.25, 0.3) is 0 Å². The van der Waals surface area contributed by atoms with E-state index in [1.807, 2.05) is 0 Å².